The Morgan fingerprint density at radius 2 is 2.12 bits per heavy atom. The monoisotopic (exact) mass is 352 g/mol. The number of nitro groups is 1. The van der Waals surface area contributed by atoms with Crippen molar-refractivity contribution in [3.05, 3.63) is 33.6 Å². The van der Waals surface area contributed by atoms with Crippen LogP contribution < -0.4 is 4.74 Å². The zero-order chi connectivity index (χ0) is 18.4. The van der Waals surface area contributed by atoms with E-state index in [2.05, 4.69) is 0 Å². The SMILES string of the molecule is CN(C(=O)CCCOc1c(F)ccc([N+](=O)[O-])c1C=O)C1CCCC1. The zero-order valence-corrected chi connectivity index (χ0v) is 14.1. The van der Waals surface area contributed by atoms with Crippen LogP contribution in [-0.4, -0.2) is 41.7 Å². The Labute approximate surface area is 144 Å². The highest BCUT2D eigenvalue weighted by Gasteiger charge is 2.24. The summed E-state index contributed by atoms with van der Waals surface area (Å²) in [6.45, 7) is -0.0107. The van der Waals surface area contributed by atoms with Gasteiger partial charge in [-0.15, -0.1) is 0 Å². The minimum atomic E-state index is -0.845. The van der Waals surface area contributed by atoms with E-state index in [-0.39, 0.29) is 31.3 Å². The quantitative estimate of drug-likeness (QED) is 0.310. The number of nitrogens with zero attached hydrogens (tertiary/aromatic N) is 2. The Morgan fingerprint density at radius 3 is 2.72 bits per heavy atom. The molecule has 0 aromatic heterocycles. The Morgan fingerprint density at radius 1 is 1.44 bits per heavy atom. The van der Waals surface area contributed by atoms with E-state index in [4.69, 9.17) is 4.74 Å². The van der Waals surface area contributed by atoms with Crippen molar-refractivity contribution >= 4 is 17.9 Å². The Bertz CT molecular complexity index is 659. The second-order valence-electron chi connectivity index (χ2n) is 6.08. The van der Waals surface area contributed by atoms with Crippen molar-refractivity contribution < 1.29 is 23.6 Å². The number of amides is 1. The second kappa shape index (κ2) is 8.55. The smallest absolute Gasteiger partial charge is 0.283 e. The van der Waals surface area contributed by atoms with E-state index in [1.165, 1.54) is 0 Å². The van der Waals surface area contributed by atoms with Gasteiger partial charge in [-0.3, -0.25) is 19.7 Å². The van der Waals surface area contributed by atoms with Crippen molar-refractivity contribution in [1.82, 2.24) is 4.90 Å². The maximum Gasteiger partial charge on any atom is 0.283 e. The van der Waals surface area contributed by atoms with Gasteiger partial charge in [0, 0.05) is 25.6 Å². The maximum atomic E-state index is 13.8. The summed E-state index contributed by atoms with van der Waals surface area (Å²) in [6.07, 6.45) is 5.06. The van der Waals surface area contributed by atoms with Gasteiger partial charge in [0.2, 0.25) is 5.91 Å². The molecule has 1 saturated carbocycles. The van der Waals surface area contributed by atoms with E-state index in [0.29, 0.717) is 6.42 Å². The average Bonchev–Trinajstić information content (AvgIpc) is 3.12. The van der Waals surface area contributed by atoms with Crippen LogP contribution in [0.15, 0.2) is 12.1 Å². The summed E-state index contributed by atoms with van der Waals surface area (Å²) in [7, 11) is 1.78. The molecular weight excluding hydrogens is 331 g/mol. The van der Waals surface area contributed by atoms with Crippen LogP contribution in [-0.2, 0) is 4.79 Å². The molecule has 2 rings (SSSR count). The second-order valence-corrected chi connectivity index (χ2v) is 6.08. The fourth-order valence-corrected chi connectivity index (χ4v) is 3.05. The van der Waals surface area contributed by atoms with Crippen LogP contribution in [0.5, 0.6) is 5.75 Å². The number of carbonyl (C=O) groups is 2. The lowest BCUT2D eigenvalue weighted by molar-refractivity contribution is -0.385. The largest absolute Gasteiger partial charge is 0.489 e. The first-order chi connectivity index (χ1) is 12.0. The van der Waals surface area contributed by atoms with E-state index in [1.54, 1.807) is 11.9 Å². The van der Waals surface area contributed by atoms with Gasteiger partial charge in [0.15, 0.2) is 17.9 Å². The zero-order valence-electron chi connectivity index (χ0n) is 14.1. The molecule has 0 unspecified atom stereocenters. The van der Waals surface area contributed by atoms with Crippen LogP contribution in [0.1, 0.15) is 48.9 Å². The summed E-state index contributed by atoms with van der Waals surface area (Å²) in [5, 5.41) is 10.9. The molecule has 1 aliphatic carbocycles. The standard InChI is InChI=1S/C17H21FN2O5/c1-19(12-5-2-3-6-12)16(22)7-4-10-25-17-13(11-21)15(20(23)24)9-8-14(17)18/h8-9,11-12H,2-7,10H2,1H3. The minimum absolute atomic E-state index is 0.00868. The molecule has 0 atom stereocenters. The highest BCUT2D eigenvalue weighted by atomic mass is 19.1. The van der Waals surface area contributed by atoms with Gasteiger partial charge in [0.1, 0.15) is 5.56 Å². The molecule has 0 radical (unpaired) electrons. The van der Waals surface area contributed by atoms with Crippen LogP contribution in [0.3, 0.4) is 0 Å². The fraction of sp³-hybridized carbons (Fsp3) is 0.529. The van der Waals surface area contributed by atoms with Crippen LogP contribution in [0.4, 0.5) is 10.1 Å². The van der Waals surface area contributed by atoms with E-state index >= 15 is 0 Å². The Hall–Kier alpha value is -2.51. The highest BCUT2D eigenvalue weighted by molar-refractivity contribution is 5.85. The molecule has 1 aliphatic rings. The Kier molecular flexibility index (Phi) is 6.44. The molecule has 0 aliphatic heterocycles. The van der Waals surface area contributed by atoms with E-state index in [9.17, 15) is 24.1 Å². The predicted molar refractivity (Wildman–Crippen MR) is 88.2 cm³/mol. The molecule has 0 bridgehead atoms. The molecule has 0 saturated heterocycles. The summed E-state index contributed by atoms with van der Waals surface area (Å²) in [6, 6.07) is 2.09. The lowest BCUT2D eigenvalue weighted by Gasteiger charge is -2.24. The molecule has 1 fully saturated rings. The van der Waals surface area contributed by atoms with Gasteiger partial charge >= 0.3 is 0 Å². The number of rotatable bonds is 8. The summed E-state index contributed by atoms with van der Waals surface area (Å²) in [4.78, 5) is 35.1. The topological polar surface area (TPSA) is 89.8 Å². The highest BCUT2D eigenvalue weighted by Crippen LogP contribution is 2.30. The molecule has 0 N–H and O–H groups in total. The lowest BCUT2D eigenvalue weighted by Crippen LogP contribution is -2.35. The van der Waals surface area contributed by atoms with Crippen molar-refractivity contribution in [3.8, 4) is 5.75 Å². The van der Waals surface area contributed by atoms with Gasteiger partial charge in [-0.1, -0.05) is 12.8 Å². The number of carbonyl (C=O) groups excluding carboxylic acids is 2. The van der Waals surface area contributed by atoms with Gasteiger partial charge in [-0.2, -0.15) is 0 Å². The average molecular weight is 352 g/mol. The van der Waals surface area contributed by atoms with Crippen molar-refractivity contribution in [2.24, 2.45) is 0 Å². The molecule has 25 heavy (non-hydrogen) atoms. The first-order valence-corrected chi connectivity index (χ1v) is 8.26. The third-order valence-corrected chi connectivity index (χ3v) is 4.49. The first-order valence-electron chi connectivity index (χ1n) is 8.26. The first kappa shape index (κ1) is 18.8. The van der Waals surface area contributed by atoms with Crippen LogP contribution in [0.25, 0.3) is 0 Å². The number of hydrogen-bond donors (Lipinski definition) is 0. The maximum absolute atomic E-state index is 13.8. The van der Waals surface area contributed by atoms with Crippen molar-refractivity contribution in [2.75, 3.05) is 13.7 Å². The number of nitro benzene ring substituents is 1. The van der Waals surface area contributed by atoms with Crippen molar-refractivity contribution in [3.63, 3.8) is 0 Å². The van der Waals surface area contributed by atoms with E-state index in [0.717, 1.165) is 37.8 Å². The molecule has 1 aromatic carbocycles. The molecular formula is C17H21FN2O5. The fourth-order valence-electron chi connectivity index (χ4n) is 3.05. The summed E-state index contributed by atoms with van der Waals surface area (Å²) in [5.74, 6) is -1.30. The molecule has 1 amide bonds. The normalized spacial score (nSPS) is 14.3. The molecule has 8 heteroatoms. The van der Waals surface area contributed by atoms with Crippen LogP contribution >= 0.6 is 0 Å². The molecule has 136 valence electrons. The summed E-state index contributed by atoms with van der Waals surface area (Å²) in [5.41, 5.74) is -0.942. The predicted octanol–water partition coefficient (Wildman–Crippen LogP) is 3.11. The third kappa shape index (κ3) is 4.52. The summed E-state index contributed by atoms with van der Waals surface area (Å²) < 4.78 is 19.0. The van der Waals surface area contributed by atoms with Gasteiger partial charge in [-0.25, -0.2) is 4.39 Å². The molecule has 1 aromatic rings. The molecule has 0 heterocycles. The minimum Gasteiger partial charge on any atom is -0.489 e. The van der Waals surface area contributed by atoms with Gasteiger partial charge in [0.25, 0.3) is 5.69 Å². The number of aldehydes is 1. The van der Waals surface area contributed by atoms with E-state index in [1.807, 2.05) is 0 Å². The lowest BCUT2D eigenvalue weighted by atomic mass is 10.1. The van der Waals surface area contributed by atoms with Gasteiger partial charge < -0.3 is 9.64 Å². The van der Waals surface area contributed by atoms with E-state index < -0.39 is 27.7 Å². The van der Waals surface area contributed by atoms with Crippen LogP contribution in [0.2, 0.25) is 0 Å². The van der Waals surface area contributed by atoms with Gasteiger partial charge in [-0.05, 0) is 25.3 Å². The van der Waals surface area contributed by atoms with Crippen LogP contribution in [0, 0.1) is 15.9 Å². The third-order valence-electron chi connectivity index (χ3n) is 4.49. The number of halogens is 1. The van der Waals surface area contributed by atoms with Gasteiger partial charge in [0.05, 0.1) is 11.5 Å². The number of benzene rings is 1. The van der Waals surface area contributed by atoms with Crippen molar-refractivity contribution in [1.29, 1.82) is 0 Å². The Balaban J connectivity index is 1.91. The number of ether oxygens (including phenoxy) is 1. The molecule has 7 nitrogen and oxygen atoms in total. The number of hydrogen-bond acceptors (Lipinski definition) is 5. The summed E-state index contributed by atoms with van der Waals surface area (Å²) >= 11 is 0. The van der Waals surface area contributed by atoms with Crippen molar-refractivity contribution in [2.45, 2.75) is 44.6 Å². The molecule has 0 spiro atoms.